The second-order valence-electron chi connectivity index (χ2n) is 7.32. The first-order valence-corrected chi connectivity index (χ1v) is 10.00. The van der Waals surface area contributed by atoms with E-state index >= 15 is 0 Å². The van der Waals surface area contributed by atoms with Crippen molar-refractivity contribution in [2.24, 2.45) is 4.99 Å². The van der Waals surface area contributed by atoms with E-state index in [4.69, 9.17) is 0 Å². The molecule has 1 nitrogen and oxygen atoms in total. The number of aliphatic imine (C=N–C) groups is 1. The van der Waals surface area contributed by atoms with E-state index < -0.39 is 47.3 Å². The fraction of sp³-hybridized carbons (Fsp3) is 0.381. The summed E-state index contributed by atoms with van der Waals surface area (Å²) in [7, 11) is 0. The van der Waals surface area contributed by atoms with Gasteiger partial charge in [0.15, 0.2) is 0 Å². The molecular formula is C21H15F10NS. The summed E-state index contributed by atoms with van der Waals surface area (Å²) >= 11 is 3.52. The van der Waals surface area contributed by atoms with Crippen LogP contribution in [0.25, 0.3) is 11.1 Å². The first-order valence-electron chi connectivity index (χ1n) is 9.37. The normalized spacial score (nSPS) is 15.5. The van der Waals surface area contributed by atoms with Crippen LogP contribution in [0, 0.1) is 0 Å². The van der Waals surface area contributed by atoms with Crippen LogP contribution < -0.4 is 0 Å². The van der Waals surface area contributed by atoms with Gasteiger partial charge in [0, 0.05) is 5.56 Å². The zero-order valence-corrected chi connectivity index (χ0v) is 17.3. The van der Waals surface area contributed by atoms with Crippen LogP contribution in [0.2, 0.25) is 0 Å². The summed E-state index contributed by atoms with van der Waals surface area (Å²) in [6.07, 6.45) is -4.25. The van der Waals surface area contributed by atoms with Gasteiger partial charge in [-0.15, -0.1) is 0 Å². The first-order chi connectivity index (χ1) is 15.2. The van der Waals surface area contributed by atoms with Gasteiger partial charge in [-0.25, -0.2) is 8.78 Å². The van der Waals surface area contributed by atoms with Gasteiger partial charge in [0.05, 0.1) is 5.88 Å². The second kappa shape index (κ2) is 8.52. The van der Waals surface area contributed by atoms with Crippen molar-refractivity contribution < 1.29 is 43.9 Å². The lowest BCUT2D eigenvalue weighted by molar-refractivity contribution is -0.371. The number of nitrogens with zero attached hydrogens (tertiary/aromatic N) is 1. The quantitative estimate of drug-likeness (QED) is 0.239. The molecule has 0 fully saturated rings. The molecule has 0 bridgehead atoms. The molecule has 0 radical (unpaired) electrons. The van der Waals surface area contributed by atoms with Crippen LogP contribution in [0.1, 0.15) is 16.7 Å². The number of fused-ring (bicyclic) bond motifs is 3. The molecule has 0 aliphatic heterocycles. The predicted molar refractivity (Wildman–Crippen MR) is 105 cm³/mol. The van der Waals surface area contributed by atoms with Crippen LogP contribution in [0.3, 0.4) is 0 Å². The average molecular weight is 503 g/mol. The molecule has 0 spiro atoms. The third-order valence-electron chi connectivity index (χ3n) is 5.36. The molecule has 180 valence electrons. The molecular weight excluding hydrogens is 488 g/mol. The Bertz CT molecular complexity index is 1060. The summed E-state index contributed by atoms with van der Waals surface area (Å²) < 4.78 is 137. The van der Waals surface area contributed by atoms with Crippen LogP contribution in [-0.4, -0.2) is 41.7 Å². The largest absolute Gasteiger partial charge is 0.384 e. The molecule has 0 aromatic heterocycles. The minimum atomic E-state index is -7.10. The molecule has 0 atom stereocenters. The third kappa shape index (κ3) is 3.89. The van der Waals surface area contributed by atoms with Crippen molar-refractivity contribution >= 4 is 18.3 Å². The van der Waals surface area contributed by atoms with Crippen molar-refractivity contribution in [1.29, 1.82) is 0 Å². The van der Waals surface area contributed by atoms with Gasteiger partial charge in [0.2, 0.25) is 0 Å². The first kappa shape index (κ1) is 25.4. The Labute approximate surface area is 186 Å². The number of benzene rings is 2. The SMILES string of the molecule is FC(F)C(F)(F)C(F)(F)C(F)(F)C(F)(F)C(=NCS)c1ccc2c(c1)-c1ccccc1CC2. The van der Waals surface area contributed by atoms with Crippen molar-refractivity contribution in [2.75, 3.05) is 5.88 Å². The Hall–Kier alpha value is -2.24. The highest BCUT2D eigenvalue weighted by Gasteiger charge is 2.83. The maximum atomic E-state index is 14.8. The van der Waals surface area contributed by atoms with Crippen LogP contribution >= 0.6 is 12.6 Å². The Morgan fingerprint density at radius 2 is 1.39 bits per heavy atom. The molecule has 2 aromatic carbocycles. The van der Waals surface area contributed by atoms with Gasteiger partial charge in [0.1, 0.15) is 5.71 Å². The van der Waals surface area contributed by atoms with Gasteiger partial charge in [-0.3, -0.25) is 4.99 Å². The summed E-state index contributed by atoms with van der Waals surface area (Å²) in [5.41, 5.74) is -0.360. The van der Waals surface area contributed by atoms with E-state index in [9.17, 15) is 43.9 Å². The van der Waals surface area contributed by atoms with Gasteiger partial charge >= 0.3 is 30.1 Å². The molecule has 0 saturated heterocycles. The number of thiol groups is 1. The van der Waals surface area contributed by atoms with Crippen molar-refractivity contribution in [3.63, 3.8) is 0 Å². The standard InChI is InChI=1S/C21H15F10NS/c22-17(23)19(26,27)21(30,31)20(28,29)18(24,25)16(32-10-33)13-8-7-12-6-5-11-3-1-2-4-14(11)15(12)9-13/h1-4,7-9,17,33H,5-6,10H2. The van der Waals surface area contributed by atoms with Crippen molar-refractivity contribution in [1.82, 2.24) is 0 Å². The minimum Gasteiger partial charge on any atom is -0.272 e. The minimum absolute atomic E-state index is 0.338. The number of halogens is 10. The number of hydrogen-bond acceptors (Lipinski definition) is 2. The molecule has 1 aliphatic rings. The highest BCUT2D eigenvalue weighted by atomic mass is 32.1. The van der Waals surface area contributed by atoms with Crippen LogP contribution in [0.15, 0.2) is 47.5 Å². The lowest BCUT2D eigenvalue weighted by atomic mass is 9.83. The van der Waals surface area contributed by atoms with E-state index in [-0.39, 0.29) is 0 Å². The van der Waals surface area contributed by atoms with Crippen molar-refractivity contribution in [2.45, 2.75) is 43.0 Å². The lowest BCUT2D eigenvalue weighted by Gasteiger charge is -2.37. The molecule has 2 aromatic rings. The Kier molecular flexibility index (Phi) is 6.55. The Balaban J connectivity index is 2.15. The van der Waals surface area contributed by atoms with Crippen LogP contribution in [-0.2, 0) is 12.8 Å². The number of hydrogen-bond donors (Lipinski definition) is 1. The maximum Gasteiger partial charge on any atom is 0.384 e. The number of alkyl halides is 10. The molecule has 3 rings (SSSR count). The number of aryl methyl sites for hydroxylation is 2. The maximum absolute atomic E-state index is 14.8. The summed E-state index contributed by atoms with van der Waals surface area (Å²) in [5, 5.41) is 0. The molecule has 0 unspecified atom stereocenters. The molecule has 0 saturated carbocycles. The summed E-state index contributed by atoms with van der Waals surface area (Å²) in [5.74, 6) is -27.7. The molecule has 0 heterocycles. The fourth-order valence-corrected chi connectivity index (χ4v) is 3.74. The smallest absolute Gasteiger partial charge is 0.272 e. The number of rotatable bonds is 7. The van der Waals surface area contributed by atoms with E-state index in [0.29, 0.717) is 29.5 Å². The summed E-state index contributed by atoms with van der Waals surface area (Å²) in [6.45, 7) is 0. The van der Waals surface area contributed by atoms with Gasteiger partial charge in [-0.2, -0.15) is 47.8 Å². The van der Waals surface area contributed by atoms with E-state index in [1.54, 1.807) is 24.3 Å². The fourth-order valence-electron chi connectivity index (χ4n) is 3.60. The molecule has 1 aliphatic carbocycles. The zero-order chi connectivity index (χ0) is 24.8. The zero-order valence-electron chi connectivity index (χ0n) is 16.4. The molecule has 33 heavy (non-hydrogen) atoms. The lowest BCUT2D eigenvalue weighted by Crippen LogP contribution is -2.66. The molecule has 12 heteroatoms. The Morgan fingerprint density at radius 1 is 0.818 bits per heavy atom. The van der Waals surface area contributed by atoms with Crippen molar-refractivity contribution in [3.05, 3.63) is 59.2 Å². The van der Waals surface area contributed by atoms with E-state index in [0.717, 1.165) is 17.7 Å². The molecule has 0 amide bonds. The van der Waals surface area contributed by atoms with Gasteiger partial charge in [0.25, 0.3) is 0 Å². The summed E-state index contributed by atoms with van der Waals surface area (Å²) in [4.78, 5) is 3.06. The second-order valence-corrected chi connectivity index (χ2v) is 7.61. The van der Waals surface area contributed by atoms with E-state index in [1.807, 2.05) is 0 Å². The molecule has 0 N–H and O–H groups in total. The summed E-state index contributed by atoms with van der Waals surface area (Å²) in [6, 6.07) is 9.96. The predicted octanol–water partition coefficient (Wildman–Crippen LogP) is 6.93. The third-order valence-corrected chi connectivity index (χ3v) is 5.50. The van der Waals surface area contributed by atoms with Gasteiger partial charge in [-0.05, 0) is 41.2 Å². The van der Waals surface area contributed by atoms with Crippen LogP contribution in [0.5, 0.6) is 0 Å². The average Bonchev–Trinajstić information content (AvgIpc) is 2.76. The van der Waals surface area contributed by atoms with Gasteiger partial charge in [-0.1, -0.05) is 36.4 Å². The van der Waals surface area contributed by atoms with E-state index in [1.165, 1.54) is 6.07 Å². The monoisotopic (exact) mass is 503 g/mol. The van der Waals surface area contributed by atoms with Crippen LogP contribution in [0.4, 0.5) is 43.9 Å². The topological polar surface area (TPSA) is 12.4 Å². The van der Waals surface area contributed by atoms with Gasteiger partial charge < -0.3 is 0 Å². The van der Waals surface area contributed by atoms with E-state index in [2.05, 4.69) is 17.6 Å². The van der Waals surface area contributed by atoms with Crippen molar-refractivity contribution in [3.8, 4) is 11.1 Å². The highest BCUT2D eigenvalue weighted by Crippen LogP contribution is 2.55. The Morgan fingerprint density at radius 3 is 1.97 bits per heavy atom. The highest BCUT2D eigenvalue weighted by molar-refractivity contribution is 7.80.